The molecule has 0 radical (unpaired) electrons. The monoisotopic (exact) mass is 423 g/mol. The molecular formula is C23H22ClN3O3. The summed E-state index contributed by atoms with van der Waals surface area (Å²) >= 11 is 6.12. The molecule has 0 aromatic heterocycles. The van der Waals surface area contributed by atoms with Crippen molar-refractivity contribution in [2.45, 2.75) is 19.6 Å². The maximum Gasteiger partial charge on any atom is 0.411 e. The van der Waals surface area contributed by atoms with Crippen LogP contribution in [-0.4, -0.2) is 12.0 Å². The van der Waals surface area contributed by atoms with E-state index in [9.17, 15) is 9.59 Å². The topological polar surface area (TPSA) is 93.5 Å². The number of hydrogen-bond donors (Lipinski definition) is 3. The fraction of sp³-hybridized carbons (Fsp3) is 0.130. The Hall–Kier alpha value is -3.35. The molecule has 0 bridgehead atoms. The van der Waals surface area contributed by atoms with Crippen molar-refractivity contribution in [1.29, 1.82) is 0 Å². The number of carbonyl (C=O) groups is 2. The van der Waals surface area contributed by atoms with Gasteiger partial charge in [0.2, 0.25) is 0 Å². The highest BCUT2D eigenvalue weighted by Gasteiger charge is 2.12. The van der Waals surface area contributed by atoms with Gasteiger partial charge in [-0.2, -0.15) is 0 Å². The summed E-state index contributed by atoms with van der Waals surface area (Å²) in [5, 5.41) is 5.70. The van der Waals surface area contributed by atoms with E-state index in [1.165, 1.54) is 12.1 Å². The van der Waals surface area contributed by atoms with Gasteiger partial charge in [-0.1, -0.05) is 54.1 Å². The van der Waals surface area contributed by atoms with Gasteiger partial charge in [0.25, 0.3) is 5.91 Å². The summed E-state index contributed by atoms with van der Waals surface area (Å²) in [6, 6.07) is 21.1. The lowest BCUT2D eigenvalue weighted by atomic mass is 10.1. The van der Waals surface area contributed by atoms with Gasteiger partial charge in [0.05, 0.1) is 0 Å². The molecule has 7 heteroatoms. The first-order valence-corrected chi connectivity index (χ1v) is 9.74. The van der Waals surface area contributed by atoms with Crippen LogP contribution in [0.4, 0.5) is 16.2 Å². The number of ether oxygens (including phenoxy) is 1. The van der Waals surface area contributed by atoms with Crippen molar-refractivity contribution in [3.63, 3.8) is 0 Å². The van der Waals surface area contributed by atoms with Crippen LogP contribution in [0.2, 0.25) is 5.02 Å². The average Bonchev–Trinajstić information content (AvgIpc) is 2.73. The number of anilines is 2. The lowest BCUT2D eigenvalue weighted by molar-refractivity contribution is 0.102. The minimum Gasteiger partial charge on any atom is -0.444 e. The van der Waals surface area contributed by atoms with Gasteiger partial charge >= 0.3 is 6.09 Å². The predicted octanol–water partition coefficient (Wildman–Crippen LogP) is 5.36. The summed E-state index contributed by atoms with van der Waals surface area (Å²) in [5.41, 5.74) is 8.96. The number of nitrogens with one attached hydrogen (secondary N) is 2. The van der Waals surface area contributed by atoms with Crippen LogP contribution in [-0.2, 0) is 11.3 Å². The number of hydrogen-bond acceptors (Lipinski definition) is 4. The molecule has 0 heterocycles. The summed E-state index contributed by atoms with van der Waals surface area (Å²) in [6.07, 6.45) is -0.640. The summed E-state index contributed by atoms with van der Waals surface area (Å²) in [6.45, 7) is 2.02. The van der Waals surface area contributed by atoms with Gasteiger partial charge in [0.15, 0.2) is 0 Å². The third-order valence-electron chi connectivity index (χ3n) is 4.31. The summed E-state index contributed by atoms with van der Waals surface area (Å²) in [7, 11) is 0. The van der Waals surface area contributed by atoms with Gasteiger partial charge < -0.3 is 15.8 Å². The van der Waals surface area contributed by atoms with Crippen molar-refractivity contribution in [2.75, 3.05) is 10.6 Å². The molecule has 4 N–H and O–H groups in total. The molecule has 154 valence electrons. The lowest BCUT2D eigenvalue weighted by Crippen LogP contribution is -2.15. The van der Waals surface area contributed by atoms with E-state index in [1.54, 1.807) is 18.2 Å². The number of amides is 2. The quantitative estimate of drug-likeness (QED) is 0.497. The van der Waals surface area contributed by atoms with E-state index in [1.807, 2.05) is 49.4 Å². The SMILES string of the molecule is C[C@@H](N)c1ccc(NC(=O)c2cc(Cl)cc(NC(=O)OCc3ccccc3)c2)cc1. The Bertz CT molecular complexity index is 1020. The molecule has 0 aliphatic carbocycles. The van der Waals surface area contributed by atoms with E-state index in [0.717, 1.165) is 11.1 Å². The van der Waals surface area contributed by atoms with E-state index in [-0.39, 0.29) is 18.6 Å². The summed E-state index contributed by atoms with van der Waals surface area (Å²) in [4.78, 5) is 24.7. The van der Waals surface area contributed by atoms with Crippen molar-refractivity contribution < 1.29 is 14.3 Å². The third-order valence-corrected chi connectivity index (χ3v) is 4.53. The molecule has 0 aliphatic heterocycles. The fourth-order valence-corrected chi connectivity index (χ4v) is 2.98. The van der Waals surface area contributed by atoms with Gasteiger partial charge in [-0.25, -0.2) is 4.79 Å². The van der Waals surface area contributed by atoms with Gasteiger partial charge in [-0.3, -0.25) is 10.1 Å². The molecule has 3 rings (SSSR count). The first-order chi connectivity index (χ1) is 14.4. The number of halogens is 1. The molecule has 6 nitrogen and oxygen atoms in total. The lowest BCUT2D eigenvalue weighted by Gasteiger charge is -2.11. The smallest absolute Gasteiger partial charge is 0.411 e. The van der Waals surface area contributed by atoms with Crippen molar-refractivity contribution in [3.05, 3.63) is 94.5 Å². The van der Waals surface area contributed by atoms with Crippen LogP contribution in [0.15, 0.2) is 72.8 Å². The van der Waals surface area contributed by atoms with E-state index in [4.69, 9.17) is 22.1 Å². The average molecular weight is 424 g/mol. The minimum atomic E-state index is -0.640. The van der Waals surface area contributed by atoms with E-state index in [0.29, 0.717) is 22.0 Å². The predicted molar refractivity (Wildman–Crippen MR) is 119 cm³/mol. The van der Waals surface area contributed by atoms with Gasteiger partial charge in [0, 0.05) is 28.0 Å². The molecule has 1 atom stereocenters. The van der Waals surface area contributed by atoms with E-state index >= 15 is 0 Å². The van der Waals surface area contributed by atoms with Gasteiger partial charge in [-0.15, -0.1) is 0 Å². The molecule has 0 spiro atoms. The zero-order chi connectivity index (χ0) is 21.5. The Morgan fingerprint density at radius 3 is 2.33 bits per heavy atom. The van der Waals surface area contributed by atoms with Crippen LogP contribution in [0.3, 0.4) is 0 Å². The Morgan fingerprint density at radius 2 is 1.67 bits per heavy atom. The number of nitrogens with two attached hydrogens (primary N) is 1. The third kappa shape index (κ3) is 6.07. The molecular weight excluding hydrogens is 402 g/mol. The normalized spacial score (nSPS) is 11.4. The highest BCUT2D eigenvalue weighted by atomic mass is 35.5. The second-order valence-electron chi connectivity index (χ2n) is 6.78. The van der Waals surface area contributed by atoms with Crippen LogP contribution in [0.1, 0.15) is 34.5 Å². The van der Waals surface area contributed by atoms with Crippen LogP contribution in [0.5, 0.6) is 0 Å². The second kappa shape index (κ2) is 9.91. The molecule has 30 heavy (non-hydrogen) atoms. The van der Waals surface area contributed by atoms with E-state index in [2.05, 4.69) is 10.6 Å². The highest BCUT2D eigenvalue weighted by molar-refractivity contribution is 6.31. The Balaban J connectivity index is 1.63. The Labute approximate surface area is 180 Å². The van der Waals surface area contributed by atoms with Crippen LogP contribution >= 0.6 is 11.6 Å². The molecule has 3 aromatic rings. The number of benzene rings is 3. The molecule has 3 aromatic carbocycles. The largest absolute Gasteiger partial charge is 0.444 e. The first kappa shape index (κ1) is 21.4. The maximum absolute atomic E-state index is 12.6. The molecule has 0 saturated heterocycles. The molecule has 0 aliphatic rings. The van der Waals surface area contributed by atoms with E-state index < -0.39 is 6.09 Å². The van der Waals surface area contributed by atoms with Crippen molar-refractivity contribution in [1.82, 2.24) is 0 Å². The molecule has 0 unspecified atom stereocenters. The highest BCUT2D eigenvalue weighted by Crippen LogP contribution is 2.21. The van der Waals surface area contributed by atoms with Crippen molar-refractivity contribution in [2.24, 2.45) is 5.73 Å². The Kier molecular flexibility index (Phi) is 7.06. The number of rotatable bonds is 6. The summed E-state index contributed by atoms with van der Waals surface area (Å²) in [5.74, 6) is -0.355. The van der Waals surface area contributed by atoms with Crippen molar-refractivity contribution >= 4 is 35.0 Å². The number of carbonyl (C=O) groups excluding carboxylic acids is 2. The van der Waals surface area contributed by atoms with Crippen molar-refractivity contribution in [3.8, 4) is 0 Å². The Morgan fingerprint density at radius 1 is 0.967 bits per heavy atom. The summed E-state index contributed by atoms with van der Waals surface area (Å²) < 4.78 is 5.19. The van der Waals surface area contributed by atoms with Crippen LogP contribution < -0.4 is 16.4 Å². The molecule has 0 saturated carbocycles. The second-order valence-corrected chi connectivity index (χ2v) is 7.22. The van der Waals surface area contributed by atoms with Gasteiger partial charge in [0.1, 0.15) is 6.61 Å². The molecule has 2 amide bonds. The zero-order valence-electron chi connectivity index (χ0n) is 16.4. The fourth-order valence-electron chi connectivity index (χ4n) is 2.74. The molecule has 0 fully saturated rings. The van der Waals surface area contributed by atoms with Crippen LogP contribution in [0, 0.1) is 0 Å². The first-order valence-electron chi connectivity index (χ1n) is 9.36. The zero-order valence-corrected chi connectivity index (χ0v) is 17.1. The maximum atomic E-state index is 12.6. The van der Waals surface area contributed by atoms with Crippen LogP contribution in [0.25, 0.3) is 0 Å². The standard InChI is InChI=1S/C23H22ClN3O3/c1-15(25)17-7-9-20(10-8-17)26-22(28)18-11-19(24)13-21(12-18)27-23(29)30-14-16-5-3-2-4-6-16/h2-13,15H,14,25H2,1H3,(H,26,28)(H,27,29)/t15-/m1/s1. The minimum absolute atomic E-state index is 0.0852. The van der Waals surface area contributed by atoms with Gasteiger partial charge in [-0.05, 0) is 48.4 Å².